The van der Waals surface area contributed by atoms with E-state index < -0.39 is 17.6 Å². The first-order valence-electron chi connectivity index (χ1n) is 7.82. The smallest absolute Gasteiger partial charge is 0.246 e. The lowest BCUT2D eigenvalue weighted by Gasteiger charge is -2.16. The molecule has 1 N–H and O–H groups in total. The van der Waals surface area contributed by atoms with Gasteiger partial charge in [0.25, 0.3) is 0 Å². The van der Waals surface area contributed by atoms with Crippen LogP contribution < -0.4 is 10.1 Å². The Hall–Kier alpha value is -2.57. The molecule has 0 bridgehead atoms. The molecule has 0 atom stereocenters. The molecule has 2 aromatic carbocycles. The number of ether oxygens (including phenoxy) is 1. The second-order valence-electron chi connectivity index (χ2n) is 5.56. The van der Waals surface area contributed by atoms with E-state index >= 15 is 0 Å². The molecule has 0 saturated heterocycles. The third-order valence-corrected chi connectivity index (χ3v) is 4.15. The zero-order chi connectivity index (χ0) is 20.0. The van der Waals surface area contributed by atoms with Crippen molar-refractivity contribution in [3.8, 4) is 5.75 Å². The van der Waals surface area contributed by atoms with E-state index in [9.17, 15) is 14.0 Å². The first-order chi connectivity index (χ1) is 12.8. The molecule has 8 heteroatoms. The summed E-state index contributed by atoms with van der Waals surface area (Å²) in [6.07, 6.45) is 2.42. The molecule has 0 heterocycles. The molecule has 0 aliphatic heterocycles. The van der Waals surface area contributed by atoms with Crippen molar-refractivity contribution in [1.82, 2.24) is 4.90 Å². The second-order valence-corrected chi connectivity index (χ2v) is 6.40. The summed E-state index contributed by atoms with van der Waals surface area (Å²) in [5.74, 6) is -1.03. The summed E-state index contributed by atoms with van der Waals surface area (Å²) in [6, 6.07) is 9.02. The van der Waals surface area contributed by atoms with Crippen LogP contribution in [0.4, 0.5) is 10.1 Å². The second kappa shape index (κ2) is 9.39. The Kier molecular flexibility index (Phi) is 7.21. The number of likely N-dealkylation sites (N-methyl/N-ethyl adjacent to an activating group) is 1. The highest BCUT2D eigenvalue weighted by atomic mass is 35.5. The van der Waals surface area contributed by atoms with Gasteiger partial charge in [0, 0.05) is 23.7 Å². The van der Waals surface area contributed by atoms with Crippen LogP contribution in [0.15, 0.2) is 42.5 Å². The first-order valence-corrected chi connectivity index (χ1v) is 8.58. The summed E-state index contributed by atoms with van der Waals surface area (Å²) in [7, 11) is 2.91. The van der Waals surface area contributed by atoms with Crippen LogP contribution in [0, 0.1) is 5.82 Å². The Balaban J connectivity index is 2.01. The van der Waals surface area contributed by atoms with Crippen LogP contribution in [0.2, 0.25) is 10.0 Å². The molecular formula is C19H17Cl2FN2O3. The number of carbonyl (C=O) groups excluding carboxylic acids is 2. The zero-order valence-electron chi connectivity index (χ0n) is 14.6. The van der Waals surface area contributed by atoms with Gasteiger partial charge in [-0.15, -0.1) is 0 Å². The maximum atomic E-state index is 13.7. The normalized spacial score (nSPS) is 10.7. The maximum absolute atomic E-state index is 13.7. The van der Waals surface area contributed by atoms with Crippen LogP contribution in [0.3, 0.4) is 0 Å². The molecule has 2 rings (SSSR count). The summed E-state index contributed by atoms with van der Waals surface area (Å²) in [4.78, 5) is 25.5. The standard InChI is InChI=1S/C19H17Cl2FN2O3/c1-24(19(26)9-7-13-14(21)4-3-5-15(13)22)11-18(25)23-16-10-12(20)6-8-17(16)27-2/h3-10H,11H2,1-2H3,(H,23,25)/b9-7+. The molecule has 0 unspecified atom stereocenters. The highest BCUT2D eigenvalue weighted by Crippen LogP contribution is 2.27. The number of hydrogen-bond donors (Lipinski definition) is 1. The molecule has 0 aliphatic carbocycles. The zero-order valence-corrected chi connectivity index (χ0v) is 16.1. The van der Waals surface area contributed by atoms with Crippen molar-refractivity contribution < 1.29 is 18.7 Å². The van der Waals surface area contributed by atoms with Crippen molar-refractivity contribution in [1.29, 1.82) is 0 Å². The first kappa shape index (κ1) is 20.7. The number of anilines is 1. The van der Waals surface area contributed by atoms with Crippen molar-refractivity contribution in [2.75, 3.05) is 26.0 Å². The van der Waals surface area contributed by atoms with E-state index in [0.717, 1.165) is 6.08 Å². The number of halogens is 3. The van der Waals surface area contributed by atoms with E-state index in [1.807, 2.05) is 0 Å². The van der Waals surface area contributed by atoms with Crippen molar-refractivity contribution in [2.45, 2.75) is 0 Å². The molecule has 2 aromatic rings. The summed E-state index contributed by atoms with van der Waals surface area (Å²) >= 11 is 11.8. The minimum absolute atomic E-state index is 0.106. The molecule has 0 aliphatic rings. The fraction of sp³-hybridized carbons (Fsp3) is 0.158. The molecule has 0 saturated carbocycles. The number of carbonyl (C=O) groups is 2. The lowest BCUT2D eigenvalue weighted by molar-refractivity contribution is -0.129. The van der Waals surface area contributed by atoms with E-state index in [4.69, 9.17) is 27.9 Å². The average Bonchev–Trinajstić information content (AvgIpc) is 2.61. The number of nitrogens with one attached hydrogen (secondary N) is 1. The average molecular weight is 411 g/mol. The fourth-order valence-corrected chi connectivity index (χ4v) is 2.61. The molecule has 2 amide bonds. The largest absolute Gasteiger partial charge is 0.495 e. The van der Waals surface area contributed by atoms with E-state index in [1.54, 1.807) is 18.2 Å². The lowest BCUT2D eigenvalue weighted by atomic mass is 10.2. The van der Waals surface area contributed by atoms with E-state index in [2.05, 4.69) is 5.32 Å². The quantitative estimate of drug-likeness (QED) is 0.724. The number of amides is 2. The Labute approximate surface area is 166 Å². The molecule has 5 nitrogen and oxygen atoms in total. The van der Waals surface area contributed by atoms with Gasteiger partial charge in [0.2, 0.25) is 11.8 Å². The Morgan fingerprint density at radius 2 is 2.00 bits per heavy atom. The van der Waals surface area contributed by atoms with Crippen LogP contribution in [0.5, 0.6) is 5.75 Å². The van der Waals surface area contributed by atoms with Gasteiger partial charge in [-0.25, -0.2) is 4.39 Å². The van der Waals surface area contributed by atoms with Gasteiger partial charge in [-0.3, -0.25) is 9.59 Å². The van der Waals surface area contributed by atoms with Gasteiger partial charge in [-0.2, -0.15) is 0 Å². The molecular weight excluding hydrogens is 394 g/mol. The van der Waals surface area contributed by atoms with Crippen LogP contribution in [0.1, 0.15) is 5.56 Å². The van der Waals surface area contributed by atoms with Crippen LogP contribution in [-0.4, -0.2) is 37.4 Å². The van der Waals surface area contributed by atoms with E-state index in [0.29, 0.717) is 16.5 Å². The number of rotatable bonds is 6. The molecule has 0 spiro atoms. The molecule has 0 fully saturated rings. The molecule has 27 heavy (non-hydrogen) atoms. The van der Waals surface area contributed by atoms with Gasteiger partial charge in [0.15, 0.2) is 0 Å². The van der Waals surface area contributed by atoms with Crippen LogP contribution >= 0.6 is 23.2 Å². The Bertz CT molecular complexity index is 867. The molecule has 0 radical (unpaired) electrons. The predicted octanol–water partition coefficient (Wildman–Crippen LogP) is 4.25. The predicted molar refractivity (Wildman–Crippen MR) is 105 cm³/mol. The minimum Gasteiger partial charge on any atom is -0.495 e. The van der Waals surface area contributed by atoms with Crippen LogP contribution in [0.25, 0.3) is 6.08 Å². The maximum Gasteiger partial charge on any atom is 0.246 e. The summed E-state index contributed by atoms with van der Waals surface area (Å²) in [6.45, 7) is -0.218. The van der Waals surface area contributed by atoms with Crippen molar-refractivity contribution in [2.24, 2.45) is 0 Å². The van der Waals surface area contributed by atoms with E-state index in [-0.39, 0.29) is 17.1 Å². The number of benzene rings is 2. The summed E-state index contributed by atoms with van der Waals surface area (Å²) in [5.41, 5.74) is 0.499. The van der Waals surface area contributed by atoms with Crippen molar-refractivity contribution in [3.05, 3.63) is 63.9 Å². The number of nitrogens with zero attached hydrogens (tertiary/aromatic N) is 1. The SMILES string of the molecule is COc1ccc(Cl)cc1NC(=O)CN(C)C(=O)/C=C/c1c(F)cccc1Cl. The molecule has 142 valence electrons. The monoisotopic (exact) mass is 410 g/mol. The third kappa shape index (κ3) is 5.70. The van der Waals surface area contributed by atoms with Gasteiger partial charge in [0.1, 0.15) is 11.6 Å². The topological polar surface area (TPSA) is 58.6 Å². The van der Waals surface area contributed by atoms with Gasteiger partial charge in [-0.05, 0) is 36.4 Å². The summed E-state index contributed by atoms with van der Waals surface area (Å²) in [5, 5.41) is 3.25. The van der Waals surface area contributed by atoms with Crippen LogP contribution in [-0.2, 0) is 9.59 Å². The highest BCUT2D eigenvalue weighted by molar-refractivity contribution is 6.32. The van der Waals surface area contributed by atoms with Crippen molar-refractivity contribution >= 4 is 46.8 Å². The number of hydrogen-bond acceptors (Lipinski definition) is 3. The van der Waals surface area contributed by atoms with Gasteiger partial charge in [-0.1, -0.05) is 29.3 Å². The Morgan fingerprint density at radius 1 is 1.26 bits per heavy atom. The lowest BCUT2D eigenvalue weighted by Crippen LogP contribution is -2.33. The fourth-order valence-electron chi connectivity index (χ4n) is 2.21. The molecule has 0 aromatic heterocycles. The third-order valence-electron chi connectivity index (χ3n) is 3.58. The van der Waals surface area contributed by atoms with Gasteiger partial charge < -0.3 is 15.0 Å². The van der Waals surface area contributed by atoms with Gasteiger partial charge in [0.05, 0.1) is 24.4 Å². The number of methoxy groups -OCH3 is 1. The highest BCUT2D eigenvalue weighted by Gasteiger charge is 2.13. The minimum atomic E-state index is -0.542. The Morgan fingerprint density at radius 3 is 2.67 bits per heavy atom. The van der Waals surface area contributed by atoms with Gasteiger partial charge >= 0.3 is 0 Å². The van der Waals surface area contributed by atoms with Crippen molar-refractivity contribution in [3.63, 3.8) is 0 Å². The van der Waals surface area contributed by atoms with E-state index in [1.165, 1.54) is 43.3 Å². The summed E-state index contributed by atoms with van der Waals surface area (Å²) < 4.78 is 18.9.